The van der Waals surface area contributed by atoms with E-state index < -0.39 is 62.6 Å². The van der Waals surface area contributed by atoms with E-state index in [1.54, 1.807) is 6.11 Å². The lowest BCUT2D eigenvalue weighted by Gasteiger charge is -2.27. The molecule has 0 heterocycles. The Kier molecular flexibility index (Phi) is 12.3. The number of carbonyl (C=O) groups is 5. The molecule has 0 aliphatic carbocycles. The average Bonchev–Trinajstić information content (AvgIpc) is 2.55. The van der Waals surface area contributed by atoms with Crippen LogP contribution in [0.4, 0.5) is 0 Å². The maximum atomic E-state index is 11.5. The molecule has 0 aromatic heterocycles. The van der Waals surface area contributed by atoms with Gasteiger partial charge >= 0.3 is 29.8 Å². The fourth-order valence-electron chi connectivity index (χ4n) is 2.31. The fraction of sp³-hybridized carbons (Fsp3) is 0.562. The minimum atomic E-state index is -1.24. The molecule has 0 aromatic rings. The lowest BCUT2D eigenvalue weighted by atomic mass is 10.3. The van der Waals surface area contributed by atoms with Crippen LogP contribution in [0.1, 0.15) is 0 Å². The Bertz CT molecular complexity index is 629. The molecule has 0 saturated carbocycles. The molecule has 0 saturated heterocycles. The lowest BCUT2D eigenvalue weighted by molar-refractivity contribution is -0.143. The number of ether oxygens (including phenoxy) is 1. The Hall–Kier alpha value is -3.21. The van der Waals surface area contributed by atoms with Crippen LogP contribution in [0.15, 0.2) is 0 Å². The van der Waals surface area contributed by atoms with Crippen molar-refractivity contribution in [3.63, 3.8) is 0 Å². The Morgan fingerprint density at radius 3 is 1.28 bits per heavy atom. The monoisotopic (exact) mass is 417 g/mol. The maximum Gasteiger partial charge on any atom is 0.334 e. The number of hydrogen-bond acceptors (Lipinski definition) is 9. The van der Waals surface area contributed by atoms with Crippen LogP contribution in [0.5, 0.6) is 0 Å². The largest absolute Gasteiger partial charge is 0.480 e. The molecule has 13 heteroatoms. The van der Waals surface area contributed by atoms with Gasteiger partial charge in [0.15, 0.2) is 0 Å². The first kappa shape index (κ1) is 25.8. The molecule has 0 unspecified atom stereocenters. The number of carboxylic acid groups (broad SMARTS) is 4. The van der Waals surface area contributed by atoms with Gasteiger partial charge in [-0.1, -0.05) is 6.42 Å². The van der Waals surface area contributed by atoms with Gasteiger partial charge in [-0.2, -0.15) is 0 Å². The number of carboxylic acids is 4. The van der Waals surface area contributed by atoms with Gasteiger partial charge in [0, 0.05) is 26.2 Å². The molecule has 0 aromatic carbocycles. The minimum absolute atomic E-state index is 0.00255. The van der Waals surface area contributed by atoms with E-state index >= 15 is 0 Å². The summed E-state index contributed by atoms with van der Waals surface area (Å²) in [5.41, 5.74) is 0. The van der Waals surface area contributed by atoms with Crippen LogP contribution < -0.4 is 0 Å². The van der Waals surface area contributed by atoms with Gasteiger partial charge in [0.05, 0.1) is 32.7 Å². The Morgan fingerprint density at radius 2 is 0.931 bits per heavy atom. The highest BCUT2D eigenvalue weighted by Crippen LogP contribution is 1.97. The average molecular weight is 417 g/mol. The van der Waals surface area contributed by atoms with Crippen molar-refractivity contribution in [3.05, 3.63) is 0 Å². The molecule has 162 valence electrons. The highest BCUT2D eigenvalue weighted by Gasteiger charge is 2.19. The van der Waals surface area contributed by atoms with Crippen molar-refractivity contribution in [2.75, 3.05) is 58.9 Å². The van der Waals surface area contributed by atoms with Crippen LogP contribution >= 0.6 is 0 Å². The molecule has 0 spiro atoms. The third kappa shape index (κ3) is 14.5. The van der Waals surface area contributed by atoms with Gasteiger partial charge in [0.2, 0.25) is 0 Å². The molecule has 0 fully saturated rings. The molecule has 0 bridgehead atoms. The van der Waals surface area contributed by atoms with E-state index in [1.165, 1.54) is 9.80 Å². The second-order valence-electron chi connectivity index (χ2n) is 5.86. The second-order valence-corrected chi connectivity index (χ2v) is 5.86. The van der Waals surface area contributed by atoms with Gasteiger partial charge in [-0.25, -0.2) is 4.79 Å². The van der Waals surface area contributed by atoms with Crippen molar-refractivity contribution < 1.29 is 49.1 Å². The van der Waals surface area contributed by atoms with Crippen molar-refractivity contribution in [2.45, 2.75) is 0 Å². The zero-order valence-electron chi connectivity index (χ0n) is 15.5. The van der Waals surface area contributed by atoms with E-state index in [4.69, 9.17) is 26.8 Å². The lowest BCUT2D eigenvalue weighted by Crippen LogP contribution is -2.45. The maximum absolute atomic E-state index is 11.5. The molecule has 4 N–H and O–H groups in total. The predicted octanol–water partition coefficient (Wildman–Crippen LogP) is -2.64. The number of rotatable bonds is 16. The Labute approximate surface area is 166 Å². The van der Waals surface area contributed by atoms with Crippen molar-refractivity contribution in [1.82, 2.24) is 14.7 Å². The molecule has 0 amide bonds. The zero-order valence-corrected chi connectivity index (χ0v) is 15.5. The molecule has 0 rings (SSSR count). The molecule has 0 aliphatic heterocycles. The quantitative estimate of drug-likeness (QED) is 0.151. The topological polar surface area (TPSA) is 185 Å². The molecular weight excluding hydrogens is 394 g/mol. The van der Waals surface area contributed by atoms with Crippen molar-refractivity contribution in [3.8, 4) is 12.5 Å². The van der Waals surface area contributed by atoms with Crippen LogP contribution in [0.25, 0.3) is 0 Å². The van der Waals surface area contributed by atoms with Crippen LogP contribution in [-0.2, 0) is 28.7 Å². The van der Waals surface area contributed by atoms with Crippen molar-refractivity contribution in [1.29, 1.82) is 0 Å². The summed E-state index contributed by atoms with van der Waals surface area (Å²) in [6, 6.07) is 0. The molecular formula is C16H23N3O10. The summed E-state index contributed by atoms with van der Waals surface area (Å²) < 4.78 is 4.31. The third-order valence-corrected chi connectivity index (χ3v) is 3.43. The number of carbonyl (C=O) groups excluding carboxylic acids is 1. The van der Waals surface area contributed by atoms with E-state index in [-0.39, 0.29) is 26.2 Å². The summed E-state index contributed by atoms with van der Waals surface area (Å²) in [4.78, 5) is 58.7. The second kappa shape index (κ2) is 13.9. The molecule has 0 radical (unpaired) electrons. The van der Waals surface area contributed by atoms with Gasteiger partial charge in [-0.05, 0) is 0 Å². The zero-order chi connectivity index (χ0) is 22.4. The Morgan fingerprint density at radius 1 is 0.621 bits per heavy atom. The van der Waals surface area contributed by atoms with Gasteiger partial charge in [-0.3, -0.25) is 33.9 Å². The number of hydrogen-bond donors (Lipinski definition) is 4. The summed E-state index contributed by atoms with van der Waals surface area (Å²) in [6.07, 6.45) is 6.50. The number of aliphatic carboxylic acids is 4. The van der Waals surface area contributed by atoms with Crippen LogP contribution in [0.3, 0.4) is 0 Å². The first-order valence-corrected chi connectivity index (χ1v) is 8.23. The first-order chi connectivity index (χ1) is 13.5. The van der Waals surface area contributed by atoms with E-state index in [1.807, 2.05) is 0 Å². The third-order valence-electron chi connectivity index (χ3n) is 3.43. The highest BCUT2D eigenvalue weighted by molar-refractivity contribution is 5.75. The summed E-state index contributed by atoms with van der Waals surface area (Å²) in [7, 11) is 0. The predicted molar refractivity (Wildman–Crippen MR) is 94.8 cm³/mol. The molecule has 29 heavy (non-hydrogen) atoms. The first-order valence-electron chi connectivity index (χ1n) is 8.23. The summed E-state index contributed by atoms with van der Waals surface area (Å²) >= 11 is 0. The van der Waals surface area contributed by atoms with E-state index in [9.17, 15) is 24.0 Å². The molecule has 0 atom stereocenters. The van der Waals surface area contributed by atoms with Crippen LogP contribution in [-0.4, -0.2) is 124 Å². The van der Waals surface area contributed by atoms with Crippen LogP contribution in [0, 0.1) is 12.5 Å². The normalized spacial score (nSPS) is 10.7. The Balaban J connectivity index is 4.95. The smallest absolute Gasteiger partial charge is 0.334 e. The fourth-order valence-corrected chi connectivity index (χ4v) is 2.31. The summed E-state index contributed by atoms with van der Waals surface area (Å²) in [5, 5.41) is 35.6. The SMILES string of the molecule is C#COC(=O)CN(CCN(CCN(CC(=O)O)CC(=O)O)CC(=O)O)CC(=O)O. The number of esters is 1. The minimum Gasteiger partial charge on any atom is -0.480 e. The number of nitrogens with zero attached hydrogens (tertiary/aromatic N) is 3. The van der Waals surface area contributed by atoms with Gasteiger partial charge in [-0.15, -0.1) is 0 Å². The van der Waals surface area contributed by atoms with E-state index in [2.05, 4.69) is 4.74 Å². The summed E-state index contributed by atoms with van der Waals surface area (Å²) in [6.45, 7) is -2.57. The summed E-state index contributed by atoms with van der Waals surface area (Å²) in [5.74, 6) is -5.75. The van der Waals surface area contributed by atoms with Crippen LogP contribution in [0.2, 0.25) is 0 Å². The van der Waals surface area contributed by atoms with Gasteiger partial charge < -0.3 is 25.2 Å². The van der Waals surface area contributed by atoms with E-state index in [0.29, 0.717) is 0 Å². The van der Waals surface area contributed by atoms with Crippen molar-refractivity contribution in [2.24, 2.45) is 0 Å². The molecule has 0 aliphatic rings. The van der Waals surface area contributed by atoms with Gasteiger partial charge in [0.25, 0.3) is 0 Å². The van der Waals surface area contributed by atoms with Gasteiger partial charge in [0.1, 0.15) is 6.11 Å². The van der Waals surface area contributed by atoms with Crippen molar-refractivity contribution >= 4 is 29.8 Å². The molecule has 13 nitrogen and oxygen atoms in total. The van der Waals surface area contributed by atoms with E-state index in [0.717, 1.165) is 4.90 Å². The number of terminal acetylenes is 1. The highest BCUT2D eigenvalue weighted by atomic mass is 16.5. The standard InChI is InChI=1S/C16H23N3O10/c1-2-29-16(28)11-19(10-15(26)27)6-4-17(7-12(20)21)3-5-18(8-13(22)23)9-14(24)25/h1H,3-11H2,(H,20,21)(H,22,23)(H,24,25)(H,26,27).